The predicted molar refractivity (Wildman–Crippen MR) is 85.3 cm³/mol. The maximum Gasteiger partial charge on any atom is 0.290 e. The van der Waals surface area contributed by atoms with Crippen LogP contribution in [0.4, 0.5) is 11.4 Å². The number of nitrogens with two attached hydrogens (primary N) is 1. The molecule has 1 heterocycles. The van der Waals surface area contributed by atoms with Gasteiger partial charge in [0.25, 0.3) is 5.91 Å². The van der Waals surface area contributed by atoms with Gasteiger partial charge in [0.1, 0.15) is 5.75 Å². The number of pyridine rings is 1. The molecule has 2 aromatic carbocycles. The normalized spacial score (nSPS) is 10.5. The summed E-state index contributed by atoms with van der Waals surface area (Å²) in [5.41, 5.74) is 6.84. The second-order valence-electron chi connectivity index (χ2n) is 5.00. The van der Waals surface area contributed by atoms with E-state index in [4.69, 9.17) is 5.73 Å². The van der Waals surface area contributed by atoms with E-state index in [1.807, 2.05) is 18.2 Å². The zero-order valence-electron chi connectivity index (χ0n) is 11.9. The Bertz CT molecular complexity index is 832. The third-order valence-electron chi connectivity index (χ3n) is 3.44. The molecule has 0 atom stereocenters. The summed E-state index contributed by atoms with van der Waals surface area (Å²) in [6.07, 6.45) is 3.61. The quantitative estimate of drug-likeness (QED) is 0.393. The Hall–Kier alpha value is -3.08. The van der Waals surface area contributed by atoms with Gasteiger partial charge in [-0.3, -0.25) is 4.79 Å². The molecule has 1 aromatic heterocycles. The molecule has 0 unspecified atom stereocenters. The van der Waals surface area contributed by atoms with Crippen molar-refractivity contribution in [2.75, 3.05) is 11.1 Å². The van der Waals surface area contributed by atoms with Gasteiger partial charge in [-0.05, 0) is 18.2 Å². The highest BCUT2D eigenvalue weighted by Gasteiger charge is 2.13. The van der Waals surface area contributed by atoms with Crippen molar-refractivity contribution in [1.29, 1.82) is 0 Å². The number of carbonyl (C=O) groups excluding carboxylic acids is 1. The van der Waals surface area contributed by atoms with Crippen molar-refractivity contribution in [1.82, 2.24) is 0 Å². The number of nitrogen functional groups attached to an aromatic ring is 1. The van der Waals surface area contributed by atoms with Crippen LogP contribution in [0.5, 0.6) is 5.75 Å². The number of amides is 1. The van der Waals surface area contributed by atoms with E-state index in [9.17, 15) is 9.90 Å². The Morgan fingerprint density at radius 2 is 1.82 bits per heavy atom. The van der Waals surface area contributed by atoms with Crippen molar-refractivity contribution < 1.29 is 14.5 Å². The van der Waals surface area contributed by atoms with Gasteiger partial charge in [-0.15, -0.1) is 0 Å². The lowest BCUT2D eigenvalue weighted by Crippen LogP contribution is -2.39. The van der Waals surface area contributed by atoms with Crippen molar-refractivity contribution in [3.05, 3.63) is 60.9 Å². The van der Waals surface area contributed by atoms with E-state index in [2.05, 4.69) is 5.32 Å². The van der Waals surface area contributed by atoms with Gasteiger partial charge in [0.2, 0.25) is 6.54 Å². The van der Waals surface area contributed by atoms with Crippen molar-refractivity contribution >= 4 is 28.1 Å². The molecular formula is C17H16N3O2+. The summed E-state index contributed by atoms with van der Waals surface area (Å²) in [6, 6.07) is 14.3. The van der Waals surface area contributed by atoms with Crippen LogP contribution in [0.15, 0.2) is 60.9 Å². The number of hydrogen-bond acceptors (Lipinski definition) is 3. The third kappa shape index (κ3) is 2.69. The number of nitrogens with zero attached hydrogens (tertiary/aromatic N) is 1. The van der Waals surface area contributed by atoms with Crippen LogP contribution in [0.1, 0.15) is 0 Å². The molecule has 5 heteroatoms. The summed E-state index contributed by atoms with van der Waals surface area (Å²) in [6.45, 7) is 0.176. The average Bonchev–Trinajstić information content (AvgIpc) is 2.52. The molecule has 0 aliphatic heterocycles. The minimum atomic E-state index is -0.213. The minimum absolute atomic E-state index is 0.0243. The molecule has 0 bridgehead atoms. The summed E-state index contributed by atoms with van der Waals surface area (Å²) in [5, 5.41) is 14.4. The van der Waals surface area contributed by atoms with Gasteiger partial charge in [-0.25, -0.2) is 0 Å². The van der Waals surface area contributed by atoms with Crippen molar-refractivity contribution in [2.45, 2.75) is 6.54 Å². The monoisotopic (exact) mass is 294 g/mol. The highest BCUT2D eigenvalue weighted by Crippen LogP contribution is 2.34. The number of phenolic OH excluding ortho intramolecular Hbond substituents is 1. The van der Waals surface area contributed by atoms with Gasteiger partial charge in [-0.1, -0.05) is 18.2 Å². The summed E-state index contributed by atoms with van der Waals surface area (Å²) in [7, 11) is 0. The minimum Gasteiger partial charge on any atom is -0.505 e. The van der Waals surface area contributed by atoms with E-state index in [0.717, 1.165) is 5.39 Å². The first-order valence-electron chi connectivity index (χ1n) is 6.89. The van der Waals surface area contributed by atoms with Crippen LogP contribution in [0.2, 0.25) is 0 Å². The van der Waals surface area contributed by atoms with Crippen molar-refractivity contribution in [2.24, 2.45) is 0 Å². The standard InChI is InChI=1S/C17H15N3O2/c18-14-6-4-5-13-12(14)7-8-15(17(13)22)19-16(21)11-20-9-2-1-3-10-20/h1-10H,11,18H2,(H-,19,21,22)/p+1. The number of fused-ring (bicyclic) bond motifs is 1. The molecule has 0 saturated carbocycles. The fourth-order valence-corrected chi connectivity index (χ4v) is 2.36. The Labute approximate surface area is 127 Å². The van der Waals surface area contributed by atoms with Crippen molar-refractivity contribution in [3.8, 4) is 5.75 Å². The summed E-state index contributed by atoms with van der Waals surface area (Å²) in [4.78, 5) is 12.1. The van der Waals surface area contributed by atoms with Crippen LogP contribution in [0.3, 0.4) is 0 Å². The number of phenols is 1. The van der Waals surface area contributed by atoms with Gasteiger partial charge >= 0.3 is 0 Å². The third-order valence-corrected chi connectivity index (χ3v) is 3.44. The number of aromatic nitrogens is 1. The summed E-state index contributed by atoms with van der Waals surface area (Å²) < 4.78 is 1.76. The lowest BCUT2D eigenvalue weighted by atomic mass is 10.1. The molecule has 0 radical (unpaired) electrons. The Balaban J connectivity index is 1.85. The smallest absolute Gasteiger partial charge is 0.290 e. The number of aromatic hydroxyl groups is 1. The Morgan fingerprint density at radius 1 is 1.05 bits per heavy atom. The lowest BCUT2D eigenvalue weighted by Gasteiger charge is -2.10. The first-order chi connectivity index (χ1) is 10.6. The molecule has 110 valence electrons. The van der Waals surface area contributed by atoms with E-state index in [1.165, 1.54) is 0 Å². The van der Waals surface area contributed by atoms with E-state index in [1.54, 1.807) is 47.3 Å². The van der Waals surface area contributed by atoms with E-state index >= 15 is 0 Å². The van der Waals surface area contributed by atoms with Gasteiger partial charge in [-0.2, -0.15) is 4.57 Å². The van der Waals surface area contributed by atoms with E-state index in [-0.39, 0.29) is 18.2 Å². The number of benzene rings is 2. The summed E-state index contributed by atoms with van der Waals surface area (Å²) >= 11 is 0. The molecule has 0 aliphatic rings. The molecular weight excluding hydrogens is 278 g/mol. The largest absolute Gasteiger partial charge is 0.505 e. The van der Waals surface area contributed by atoms with E-state index in [0.29, 0.717) is 16.8 Å². The molecule has 0 spiro atoms. The average molecular weight is 294 g/mol. The number of carbonyl (C=O) groups is 1. The fourth-order valence-electron chi connectivity index (χ4n) is 2.36. The first-order valence-corrected chi connectivity index (χ1v) is 6.89. The molecule has 1 amide bonds. The number of hydrogen-bond donors (Lipinski definition) is 3. The number of anilines is 2. The van der Waals surface area contributed by atoms with Gasteiger partial charge < -0.3 is 16.2 Å². The van der Waals surface area contributed by atoms with Crippen LogP contribution in [-0.2, 0) is 11.3 Å². The van der Waals surface area contributed by atoms with Gasteiger partial charge in [0.05, 0.1) is 5.69 Å². The molecule has 3 aromatic rings. The van der Waals surface area contributed by atoms with Gasteiger partial charge in [0, 0.05) is 28.6 Å². The van der Waals surface area contributed by atoms with Crippen molar-refractivity contribution in [3.63, 3.8) is 0 Å². The second-order valence-corrected chi connectivity index (χ2v) is 5.00. The number of rotatable bonds is 3. The maximum absolute atomic E-state index is 12.1. The zero-order chi connectivity index (χ0) is 15.5. The topological polar surface area (TPSA) is 79.2 Å². The molecule has 0 fully saturated rings. The van der Waals surface area contributed by atoms with Gasteiger partial charge in [0.15, 0.2) is 12.4 Å². The molecule has 3 rings (SSSR count). The zero-order valence-corrected chi connectivity index (χ0v) is 11.9. The molecule has 5 nitrogen and oxygen atoms in total. The first kappa shape index (κ1) is 13.9. The maximum atomic E-state index is 12.1. The Morgan fingerprint density at radius 3 is 2.59 bits per heavy atom. The van der Waals surface area contributed by atoms with Crippen LogP contribution in [-0.4, -0.2) is 11.0 Å². The highest BCUT2D eigenvalue weighted by atomic mass is 16.3. The van der Waals surface area contributed by atoms with E-state index < -0.39 is 0 Å². The van der Waals surface area contributed by atoms with Crippen LogP contribution in [0.25, 0.3) is 10.8 Å². The summed E-state index contributed by atoms with van der Waals surface area (Å²) in [5.74, 6) is -0.189. The lowest BCUT2D eigenvalue weighted by molar-refractivity contribution is -0.684. The molecule has 22 heavy (non-hydrogen) atoms. The van der Waals surface area contributed by atoms with Crippen LogP contribution < -0.4 is 15.6 Å². The number of nitrogens with one attached hydrogen (secondary N) is 1. The van der Waals surface area contributed by atoms with Crippen LogP contribution in [0, 0.1) is 0 Å². The SMILES string of the molecule is Nc1cccc2c(O)c(NC(=O)C[n+]3ccccc3)ccc12. The second kappa shape index (κ2) is 5.73. The molecule has 4 N–H and O–H groups in total. The van der Waals surface area contributed by atoms with Crippen LogP contribution >= 0.6 is 0 Å². The fraction of sp³-hybridized carbons (Fsp3) is 0.0588. The predicted octanol–water partition coefficient (Wildman–Crippen LogP) is 2.05. The molecule has 0 saturated heterocycles. The molecule has 0 aliphatic carbocycles. The Kier molecular flexibility index (Phi) is 3.62. The highest BCUT2D eigenvalue weighted by molar-refractivity contribution is 6.02.